The van der Waals surface area contributed by atoms with Crippen molar-refractivity contribution in [2.24, 2.45) is 7.05 Å². The molecule has 0 bridgehead atoms. The second-order valence-corrected chi connectivity index (χ2v) is 3.36. The lowest BCUT2D eigenvalue weighted by molar-refractivity contribution is 0.396. The van der Waals surface area contributed by atoms with Gasteiger partial charge < -0.3 is 10.8 Å². The molecule has 2 aromatic rings. The van der Waals surface area contributed by atoms with E-state index in [2.05, 4.69) is 5.10 Å². The number of hydrogen-bond acceptors (Lipinski definition) is 3. The fourth-order valence-electron chi connectivity index (χ4n) is 1.39. The molecule has 4 nitrogen and oxygen atoms in total. The highest BCUT2D eigenvalue weighted by atomic mass is 19.1. The second kappa shape index (κ2) is 3.48. The number of aromatic nitrogens is 2. The van der Waals surface area contributed by atoms with Gasteiger partial charge in [-0.3, -0.25) is 4.68 Å². The van der Waals surface area contributed by atoms with E-state index in [0.29, 0.717) is 11.4 Å². The van der Waals surface area contributed by atoms with Crippen molar-refractivity contribution in [3.05, 3.63) is 30.0 Å². The monoisotopic (exact) mass is 225 g/mol. The van der Waals surface area contributed by atoms with Crippen LogP contribution in [0.4, 0.5) is 14.6 Å². The average Bonchev–Trinajstić information content (AvgIpc) is 2.56. The van der Waals surface area contributed by atoms with Crippen molar-refractivity contribution < 1.29 is 13.9 Å². The summed E-state index contributed by atoms with van der Waals surface area (Å²) in [4.78, 5) is 0. The van der Waals surface area contributed by atoms with E-state index in [0.717, 1.165) is 12.1 Å². The molecule has 0 saturated carbocycles. The molecule has 0 spiro atoms. The fourth-order valence-corrected chi connectivity index (χ4v) is 1.39. The molecule has 1 aromatic heterocycles. The van der Waals surface area contributed by atoms with Gasteiger partial charge in [0.1, 0.15) is 5.82 Å². The lowest BCUT2D eigenvalue weighted by Gasteiger charge is -2.03. The van der Waals surface area contributed by atoms with Crippen LogP contribution in [0, 0.1) is 11.6 Å². The number of phenolic OH excluding ortho intramolecular Hbond substituents is 1. The summed E-state index contributed by atoms with van der Waals surface area (Å²) in [5.74, 6) is -2.76. The van der Waals surface area contributed by atoms with Crippen molar-refractivity contribution in [1.29, 1.82) is 0 Å². The van der Waals surface area contributed by atoms with E-state index < -0.39 is 17.4 Å². The Morgan fingerprint density at radius 1 is 1.31 bits per heavy atom. The number of nitrogens with zero attached hydrogens (tertiary/aromatic N) is 2. The molecule has 0 fully saturated rings. The molecule has 16 heavy (non-hydrogen) atoms. The van der Waals surface area contributed by atoms with E-state index >= 15 is 0 Å². The number of nitrogen functional groups attached to an aromatic ring is 1. The maximum atomic E-state index is 13.1. The van der Waals surface area contributed by atoms with Gasteiger partial charge >= 0.3 is 0 Å². The molecular weight excluding hydrogens is 216 g/mol. The van der Waals surface area contributed by atoms with E-state index in [4.69, 9.17) is 10.8 Å². The number of benzene rings is 1. The summed E-state index contributed by atoms with van der Waals surface area (Å²) in [6.07, 6.45) is 1.40. The lowest BCUT2D eigenvalue weighted by Crippen LogP contribution is -1.98. The van der Waals surface area contributed by atoms with Gasteiger partial charge in [-0.15, -0.1) is 0 Å². The van der Waals surface area contributed by atoms with Gasteiger partial charge in [-0.1, -0.05) is 0 Å². The molecule has 3 N–H and O–H groups in total. The average molecular weight is 225 g/mol. The van der Waals surface area contributed by atoms with Crippen LogP contribution in [0.15, 0.2) is 18.3 Å². The summed E-state index contributed by atoms with van der Waals surface area (Å²) in [6, 6.07) is 2.01. The molecule has 2 rings (SSSR count). The Balaban J connectivity index is 2.61. The van der Waals surface area contributed by atoms with Crippen LogP contribution in [-0.4, -0.2) is 14.9 Å². The van der Waals surface area contributed by atoms with Crippen LogP contribution in [0.1, 0.15) is 0 Å². The van der Waals surface area contributed by atoms with Gasteiger partial charge in [0, 0.05) is 12.6 Å². The molecule has 1 heterocycles. The number of halogens is 2. The van der Waals surface area contributed by atoms with Crippen LogP contribution in [0.25, 0.3) is 11.1 Å². The molecule has 0 unspecified atom stereocenters. The summed E-state index contributed by atoms with van der Waals surface area (Å²) < 4.78 is 27.6. The van der Waals surface area contributed by atoms with E-state index in [-0.39, 0.29) is 5.56 Å². The SMILES string of the molecule is Cn1ncc(-c2cc(F)c(O)c(F)c2)c1N. The topological polar surface area (TPSA) is 64.1 Å². The fraction of sp³-hybridized carbons (Fsp3) is 0.100. The summed E-state index contributed by atoms with van der Waals surface area (Å²) in [7, 11) is 1.62. The number of rotatable bonds is 1. The molecule has 0 aliphatic heterocycles. The standard InChI is InChI=1S/C10H9F2N3O/c1-15-10(13)6(4-14-15)5-2-7(11)9(16)8(12)3-5/h2-4,16H,13H2,1H3. The second-order valence-electron chi connectivity index (χ2n) is 3.36. The Bertz CT molecular complexity index is 528. The first-order chi connectivity index (χ1) is 7.50. The summed E-state index contributed by atoms with van der Waals surface area (Å²) >= 11 is 0. The minimum absolute atomic E-state index is 0.235. The van der Waals surface area contributed by atoms with Crippen LogP contribution < -0.4 is 5.73 Å². The Hall–Kier alpha value is -2.11. The van der Waals surface area contributed by atoms with Crippen LogP contribution >= 0.6 is 0 Å². The first-order valence-corrected chi connectivity index (χ1v) is 4.46. The number of aromatic hydroxyl groups is 1. The van der Waals surface area contributed by atoms with E-state index in [1.165, 1.54) is 10.9 Å². The highest BCUT2D eigenvalue weighted by Gasteiger charge is 2.14. The quantitative estimate of drug-likeness (QED) is 0.775. The molecule has 6 heteroatoms. The molecule has 0 radical (unpaired) electrons. The highest BCUT2D eigenvalue weighted by molar-refractivity contribution is 5.74. The zero-order valence-electron chi connectivity index (χ0n) is 8.41. The lowest BCUT2D eigenvalue weighted by atomic mass is 10.1. The van der Waals surface area contributed by atoms with Gasteiger partial charge in [0.15, 0.2) is 17.4 Å². The molecule has 0 aliphatic carbocycles. The highest BCUT2D eigenvalue weighted by Crippen LogP contribution is 2.30. The molecule has 0 atom stereocenters. The Labute approximate surface area is 89.9 Å². The predicted molar refractivity (Wildman–Crippen MR) is 54.6 cm³/mol. The summed E-state index contributed by atoms with van der Waals surface area (Å²) in [6.45, 7) is 0. The van der Waals surface area contributed by atoms with Crippen molar-refractivity contribution in [3.8, 4) is 16.9 Å². The van der Waals surface area contributed by atoms with Gasteiger partial charge in [-0.25, -0.2) is 8.78 Å². The van der Waals surface area contributed by atoms with Crippen molar-refractivity contribution in [3.63, 3.8) is 0 Å². The van der Waals surface area contributed by atoms with Crippen molar-refractivity contribution in [2.45, 2.75) is 0 Å². The van der Waals surface area contributed by atoms with E-state index in [1.807, 2.05) is 0 Å². The molecule has 84 valence electrons. The molecule has 0 aliphatic rings. The predicted octanol–water partition coefficient (Wildman–Crippen LogP) is 1.65. The molecule has 0 saturated heterocycles. The van der Waals surface area contributed by atoms with Crippen molar-refractivity contribution >= 4 is 5.82 Å². The summed E-state index contributed by atoms with van der Waals surface area (Å²) in [5, 5.41) is 12.8. The van der Waals surface area contributed by atoms with Gasteiger partial charge in [0.25, 0.3) is 0 Å². The van der Waals surface area contributed by atoms with E-state index in [1.54, 1.807) is 7.05 Å². The minimum Gasteiger partial charge on any atom is -0.503 e. The Morgan fingerprint density at radius 3 is 2.31 bits per heavy atom. The van der Waals surface area contributed by atoms with Gasteiger partial charge in [0.05, 0.1) is 6.20 Å². The smallest absolute Gasteiger partial charge is 0.187 e. The number of phenols is 1. The third-order valence-corrected chi connectivity index (χ3v) is 2.31. The number of hydrogen-bond donors (Lipinski definition) is 2. The van der Waals surface area contributed by atoms with Gasteiger partial charge in [-0.05, 0) is 17.7 Å². The van der Waals surface area contributed by atoms with Crippen molar-refractivity contribution in [1.82, 2.24) is 9.78 Å². The van der Waals surface area contributed by atoms with Crippen molar-refractivity contribution in [2.75, 3.05) is 5.73 Å². The maximum Gasteiger partial charge on any atom is 0.187 e. The van der Waals surface area contributed by atoms with Gasteiger partial charge in [-0.2, -0.15) is 5.10 Å². The Morgan fingerprint density at radius 2 is 1.88 bits per heavy atom. The maximum absolute atomic E-state index is 13.1. The zero-order valence-corrected chi connectivity index (χ0v) is 8.41. The molecule has 0 amide bonds. The van der Waals surface area contributed by atoms with Crippen LogP contribution in [0.5, 0.6) is 5.75 Å². The third kappa shape index (κ3) is 1.48. The number of aryl methyl sites for hydroxylation is 1. The number of anilines is 1. The van der Waals surface area contributed by atoms with E-state index in [9.17, 15) is 8.78 Å². The van der Waals surface area contributed by atoms with Crippen LogP contribution in [0.3, 0.4) is 0 Å². The minimum atomic E-state index is -1.03. The van der Waals surface area contributed by atoms with Crippen LogP contribution in [0.2, 0.25) is 0 Å². The third-order valence-electron chi connectivity index (χ3n) is 2.31. The first-order valence-electron chi connectivity index (χ1n) is 4.46. The zero-order chi connectivity index (χ0) is 11.9. The Kier molecular flexibility index (Phi) is 2.26. The summed E-state index contributed by atoms with van der Waals surface area (Å²) in [5.41, 5.74) is 6.32. The molecular formula is C10H9F2N3O. The number of nitrogens with two attached hydrogens (primary N) is 1. The van der Waals surface area contributed by atoms with Crippen LogP contribution in [-0.2, 0) is 7.05 Å². The normalized spacial score (nSPS) is 10.7. The largest absolute Gasteiger partial charge is 0.503 e. The first kappa shape index (κ1) is 10.4. The van der Waals surface area contributed by atoms with Gasteiger partial charge in [0.2, 0.25) is 0 Å². The molecule has 1 aromatic carbocycles.